The van der Waals surface area contributed by atoms with Crippen LogP contribution in [0.15, 0.2) is 97.7 Å². The van der Waals surface area contributed by atoms with Gasteiger partial charge in [-0.15, -0.1) is 11.8 Å². The summed E-state index contributed by atoms with van der Waals surface area (Å²) in [5.41, 5.74) is 19.7. The summed E-state index contributed by atoms with van der Waals surface area (Å²) in [6.45, 7) is 3.42. The fourth-order valence-corrected chi connectivity index (χ4v) is 16.7. The average molecular weight is 1840 g/mol. The molecule has 3 aliphatic heterocycles. The highest BCUT2D eigenvalue weighted by Crippen LogP contribution is 2.28. The van der Waals surface area contributed by atoms with Gasteiger partial charge in [0.15, 0.2) is 0 Å². The van der Waals surface area contributed by atoms with E-state index < -0.39 is 248 Å². The summed E-state index contributed by atoms with van der Waals surface area (Å²) in [5, 5.41) is 69.8. The van der Waals surface area contributed by atoms with Crippen LogP contribution in [-0.4, -0.2) is 327 Å². The average Bonchev–Trinajstić information content (AvgIpc) is 1.69. The Balaban J connectivity index is 1.08. The van der Waals surface area contributed by atoms with Crippen LogP contribution in [0.1, 0.15) is 108 Å². The predicted molar refractivity (Wildman–Crippen MR) is 472 cm³/mol. The highest BCUT2D eigenvalue weighted by molar-refractivity contribution is 8.00. The van der Waals surface area contributed by atoms with Crippen molar-refractivity contribution in [1.82, 2.24) is 97.6 Å². The van der Waals surface area contributed by atoms with Gasteiger partial charge >= 0.3 is 5.97 Å². The van der Waals surface area contributed by atoms with Gasteiger partial charge in [0.25, 0.3) is 0 Å². The maximum absolute atomic E-state index is 15.6. The van der Waals surface area contributed by atoms with E-state index in [-0.39, 0.29) is 94.7 Å². The molecule has 17 amide bonds. The molecule has 3 fully saturated rings. The van der Waals surface area contributed by atoms with Crippen molar-refractivity contribution in [2.75, 3.05) is 65.4 Å². The number of aliphatic hydroxyl groups is 2. The van der Waals surface area contributed by atoms with Crippen molar-refractivity contribution in [3.05, 3.63) is 120 Å². The molecule has 0 radical (unpaired) electrons. The zero-order valence-corrected chi connectivity index (χ0v) is 74.4. The van der Waals surface area contributed by atoms with Crippen LogP contribution in [-0.2, 0) is 112 Å². The van der Waals surface area contributed by atoms with E-state index in [0.29, 0.717) is 50.3 Å². The maximum atomic E-state index is 15.6. The number of carboxylic acids is 1. The Morgan fingerprint density at radius 2 is 1.12 bits per heavy atom. The Kier molecular flexibility index (Phi) is 36.4. The number of carboxylic acid groups (broad SMARTS) is 1. The number of aromatic amines is 3. The van der Waals surface area contributed by atoms with Crippen molar-refractivity contribution in [1.29, 1.82) is 0 Å². The predicted octanol–water partition coefficient (Wildman–Crippen LogP) is -4.95. The lowest BCUT2D eigenvalue weighted by atomic mass is 10.00. The van der Waals surface area contributed by atoms with Crippen molar-refractivity contribution in [2.45, 2.75) is 202 Å². The van der Waals surface area contributed by atoms with Gasteiger partial charge in [-0.05, 0) is 106 Å². The number of benzene rings is 3. The number of phenols is 1. The van der Waals surface area contributed by atoms with Gasteiger partial charge in [0.2, 0.25) is 100 Å². The third-order valence-electron chi connectivity index (χ3n) is 23.1. The number of hydrogen-bond donors (Lipinski definition) is 20. The number of para-hydroxylation sites is 2. The summed E-state index contributed by atoms with van der Waals surface area (Å²) in [6.07, 6.45) is 1.04. The van der Waals surface area contributed by atoms with Crippen LogP contribution in [0.25, 0.3) is 21.8 Å². The number of amides is 17. The van der Waals surface area contributed by atoms with Crippen LogP contribution in [0, 0.1) is 5.92 Å². The summed E-state index contributed by atoms with van der Waals surface area (Å²) >= 11 is 0.710. The number of nitrogens with two attached hydrogens (primary N) is 3. The molecule has 3 saturated heterocycles. The summed E-state index contributed by atoms with van der Waals surface area (Å²) in [7, 11) is 3.47. The number of hydrogen-bond acceptors (Lipinski definition) is 24. The number of aromatic nitrogens is 4. The van der Waals surface area contributed by atoms with Gasteiger partial charge in [-0.2, -0.15) is 0 Å². The molecule has 9 rings (SSSR count). The Morgan fingerprint density at radius 3 is 1.72 bits per heavy atom. The standard InChI is InChI=1S/C86H116N22O22S/c1-44(2)27-59-85(129)108-39-52(111)32-68(108)81(125)97-57(29-48-35-91-55-17-10-8-15-53(48)55)76(120)102-63(40-109)78(122)101-61(30-49-36-92-56-18-11-9-16-54(49)56)83(127)105(6)66(19-12-13-25-87)86(130)106(7)67(34-72(115)116)80(124)95-45(3)73(117)103-64(75(119)93-38-70(89)113)41-131-42-71(114)96-60(28-47-21-23-51(110)24-22-47)82(126)104(5)46(4)74(118)99-62(33-69(88)112)84(128)107-26-14-20-65(107)79(123)98-58(77(121)100-59)31-50-37-90-43-94-50/h8-11,15-18,21-24,35-37,43-46,52,57-68,91-92,109-111H,12-14,19-20,25-34,38-42,87H2,1-7H3,(H2,88,112)(H2,89,113)(H,90,94)(H,93,119)(H,95,124)(H,96,114)(H,97,125)(H,98,123)(H,99,118)(H,100,121)(H,101,122)(H,102,120)(H,103,117)(H,115,116)/t45-,46-,52+,57-,58-,59-,60-,61-,62-,63-,64-,65-,66-,67-,68-/m0/s1. The number of carbonyl (C=O) groups excluding carboxylic acids is 17. The molecule has 15 atom stereocenters. The number of aliphatic hydroxyl groups excluding tert-OH is 2. The Labute approximate surface area is 757 Å². The second-order valence-electron chi connectivity index (χ2n) is 33.2. The van der Waals surface area contributed by atoms with Crippen LogP contribution in [0.2, 0.25) is 0 Å². The highest BCUT2D eigenvalue weighted by Gasteiger charge is 2.47. The summed E-state index contributed by atoms with van der Waals surface area (Å²) < 4.78 is 0. The minimum Gasteiger partial charge on any atom is -0.508 e. The second-order valence-corrected chi connectivity index (χ2v) is 34.3. The van der Waals surface area contributed by atoms with E-state index in [0.717, 1.165) is 38.5 Å². The molecule has 23 N–H and O–H groups in total. The van der Waals surface area contributed by atoms with Gasteiger partial charge in [-0.25, -0.2) is 4.98 Å². The van der Waals surface area contributed by atoms with Crippen molar-refractivity contribution in [3.63, 3.8) is 0 Å². The quantitative estimate of drug-likeness (QED) is 0.0283. The van der Waals surface area contributed by atoms with E-state index >= 15 is 33.6 Å². The number of H-pyrrole nitrogens is 3. The van der Waals surface area contributed by atoms with Gasteiger partial charge in [-0.1, -0.05) is 62.4 Å². The third kappa shape index (κ3) is 27.5. The molecule has 0 saturated carbocycles. The van der Waals surface area contributed by atoms with Gasteiger partial charge in [0, 0.05) is 112 Å². The van der Waals surface area contributed by atoms with Crippen molar-refractivity contribution < 1.29 is 107 Å². The minimum atomic E-state index is -1.97. The van der Waals surface area contributed by atoms with Crippen LogP contribution in [0.3, 0.4) is 0 Å². The Hall–Kier alpha value is -13.6. The lowest BCUT2D eigenvalue weighted by Gasteiger charge is -2.36. The SMILES string of the molecule is CC(C)C[C@@H]1NC(=O)[C@H](Cc2c[nH]cn2)NC(=O)[C@@H]2CCCN2C(=O)[C@H](CC(N)=O)NC(=O)[C@H](C)N(C)C(=O)[C@H](Cc2ccc(O)cc2)NC(=O)CSC[C@@H](C(=O)NCC(N)=O)NC(=O)[C@H](C)NC(=O)[C@H](CC(=O)O)N(C)C(=O)[C@H](CCCCN)N(C)C(=O)[C@H](Cc2c[nH]c3ccccc23)NC(=O)[C@H](CO)NC(=O)[C@H](Cc2c[nH]c3ccccc23)NC(=O)[C@@H]2C[C@@H](O)CN2C1=O. The van der Waals surface area contributed by atoms with E-state index in [9.17, 15) is 73.2 Å². The molecule has 3 aromatic heterocycles. The summed E-state index contributed by atoms with van der Waals surface area (Å²) in [4.78, 5) is 278. The zero-order valence-electron chi connectivity index (χ0n) is 73.6. The topological polar surface area (TPSA) is 663 Å². The number of aromatic hydroxyl groups is 1. The first-order valence-corrected chi connectivity index (χ1v) is 44.0. The van der Waals surface area contributed by atoms with Gasteiger partial charge in [-0.3, -0.25) is 86.3 Å². The molecule has 6 aromatic rings. The van der Waals surface area contributed by atoms with E-state index in [1.165, 1.54) is 57.8 Å². The van der Waals surface area contributed by atoms with Crippen molar-refractivity contribution in [3.8, 4) is 5.75 Å². The van der Waals surface area contributed by atoms with Crippen LogP contribution in [0.4, 0.5) is 0 Å². The molecule has 0 unspecified atom stereocenters. The number of fused-ring (bicyclic) bond motifs is 4. The van der Waals surface area contributed by atoms with Crippen molar-refractivity contribution >= 4 is 140 Å². The normalized spacial score (nSPS) is 25.2. The molecule has 0 bridgehead atoms. The molecule has 3 aromatic carbocycles. The number of nitrogens with zero attached hydrogens (tertiary/aromatic N) is 6. The fraction of sp³-hybridized carbons (Fsp3) is 0.500. The molecule has 45 heteroatoms. The van der Waals surface area contributed by atoms with Gasteiger partial charge in [0.1, 0.15) is 90.3 Å². The number of rotatable bonds is 22. The first kappa shape index (κ1) is 101. The van der Waals surface area contributed by atoms with E-state index in [4.69, 9.17) is 17.2 Å². The molecule has 0 aliphatic carbocycles. The highest BCUT2D eigenvalue weighted by atomic mass is 32.2. The third-order valence-corrected chi connectivity index (χ3v) is 24.1. The number of nitrogens with one attached hydrogen (secondary N) is 13. The van der Waals surface area contributed by atoms with Gasteiger partial charge in [0.05, 0.1) is 49.9 Å². The van der Waals surface area contributed by atoms with Crippen LogP contribution in [0.5, 0.6) is 5.75 Å². The molecule has 708 valence electrons. The molecular weight excluding hydrogens is 1730 g/mol. The first-order chi connectivity index (χ1) is 62.2. The first-order valence-electron chi connectivity index (χ1n) is 42.9. The second kappa shape index (κ2) is 47.1. The molecule has 0 spiro atoms. The monoisotopic (exact) mass is 1840 g/mol. The molecular formula is C86H116N22O22S. The molecule has 131 heavy (non-hydrogen) atoms. The number of unbranched alkanes of at least 4 members (excludes halogenated alkanes) is 1. The van der Waals surface area contributed by atoms with Gasteiger partial charge < -0.3 is 130 Å². The molecule has 44 nitrogen and oxygen atoms in total. The number of thioether (sulfide) groups is 1. The Morgan fingerprint density at radius 1 is 0.565 bits per heavy atom. The number of primary amides is 2. The van der Waals surface area contributed by atoms with Crippen LogP contribution < -0.4 is 70.4 Å². The molecule has 3 aliphatic rings. The Bertz CT molecular complexity index is 5150. The molecule has 6 heterocycles. The van der Waals surface area contributed by atoms with Crippen molar-refractivity contribution in [2.24, 2.45) is 23.1 Å². The lowest BCUT2D eigenvalue weighted by molar-refractivity contribution is -0.151. The van der Waals surface area contributed by atoms with Crippen LogP contribution >= 0.6 is 11.8 Å². The summed E-state index contributed by atoms with van der Waals surface area (Å²) in [6, 6.07) is -3.86. The van der Waals surface area contributed by atoms with E-state index in [2.05, 4.69) is 73.1 Å². The lowest BCUT2D eigenvalue weighted by Crippen LogP contribution is -2.62. The number of likely N-dealkylation sites (N-methyl/N-ethyl adjacent to an activating group) is 3. The summed E-state index contributed by atoms with van der Waals surface area (Å²) in [5.74, 6) is -20.6. The number of imidazole rings is 1. The van der Waals surface area contributed by atoms with E-state index in [1.807, 2.05) is 0 Å². The largest absolute Gasteiger partial charge is 0.508 e. The fourth-order valence-electron chi connectivity index (χ4n) is 15.9. The number of aliphatic carboxylic acids is 1. The smallest absolute Gasteiger partial charge is 0.305 e. The zero-order chi connectivity index (χ0) is 95.8. The number of phenolic OH excluding ortho intramolecular Hbond substituents is 1. The van der Waals surface area contributed by atoms with E-state index in [1.54, 1.807) is 74.8 Å². The maximum Gasteiger partial charge on any atom is 0.305 e. The number of carbonyl (C=O) groups is 18. The minimum absolute atomic E-state index is 0.0284.